The Balaban J connectivity index is 3.06. The largest absolute Gasteiger partial charge is 0.573 e. The Morgan fingerprint density at radius 3 is 2.21 bits per heavy atom. The topological polar surface area (TPSA) is 9.23 Å². The molecule has 0 aliphatic heterocycles. The summed E-state index contributed by atoms with van der Waals surface area (Å²) >= 11 is 5.01. The van der Waals surface area contributed by atoms with E-state index in [9.17, 15) is 22.0 Å². The van der Waals surface area contributed by atoms with Gasteiger partial charge in [-0.1, -0.05) is 11.6 Å². The lowest BCUT2D eigenvalue weighted by Gasteiger charge is -2.09. The second-order valence-corrected chi connectivity index (χ2v) is 2.60. The average Bonchev–Trinajstić information content (AvgIpc) is 2.04. The first-order valence-electron chi connectivity index (χ1n) is 3.20. The van der Waals surface area contributed by atoms with Crippen molar-refractivity contribution in [1.82, 2.24) is 0 Å². The lowest BCUT2D eigenvalue weighted by atomic mass is 10.3. The van der Waals surface area contributed by atoms with Crippen LogP contribution in [0.1, 0.15) is 0 Å². The first-order chi connectivity index (χ1) is 6.31. The van der Waals surface area contributed by atoms with E-state index in [2.05, 4.69) is 4.74 Å². The summed E-state index contributed by atoms with van der Waals surface area (Å²) in [6.07, 6.45) is -5.04. The molecule has 0 atom stereocenters. The molecule has 78 valence electrons. The Hall–Kier alpha value is -1.04. The van der Waals surface area contributed by atoms with E-state index in [1.165, 1.54) is 0 Å². The predicted molar refractivity (Wildman–Crippen MR) is 38.1 cm³/mol. The molecule has 0 spiro atoms. The normalized spacial score (nSPS) is 11.6. The number of alkyl halides is 3. The second kappa shape index (κ2) is 3.61. The Bertz CT molecular complexity index is 349. The molecule has 0 unspecified atom stereocenters. The summed E-state index contributed by atoms with van der Waals surface area (Å²) in [5, 5.41) is -1.04. The molecule has 1 aromatic carbocycles. The van der Waals surface area contributed by atoms with Crippen LogP contribution < -0.4 is 4.74 Å². The van der Waals surface area contributed by atoms with Crippen molar-refractivity contribution in [3.05, 3.63) is 28.8 Å². The molecule has 0 saturated heterocycles. The maximum Gasteiger partial charge on any atom is 0.573 e. The standard InChI is InChI=1S/C7H2ClF5O/c8-5-3(9)1-2-4(6(5)10)14-7(11,12)13/h1-2H. The van der Waals surface area contributed by atoms with Crippen molar-refractivity contribution in [3.63, 3.8) is 0 Å². The van der Waals surface area contributed by atoms with Crippen LogP contribution in [0.4, 0.5) is 22.0 Å². The van der Waals surface area contributed by atoms with E-state index in [-0.39, 0.29) is 0 Å². The van der Waals surface area contributed by atoms with Crippen LogP contribution >= 0.6 is 11.6 Å². The van der Waals surface area contributed by atoms with Gasteiger partial charge in [-0.2, -0.15) is 0 Å². The molecular formula is C7H2ClF5O. The molecule has 0 bridgehead atoms. The summed E-state index contributed by atoms with van der Waals surface area (Å²) in [4.78, 5) is 0. The van der Waals surface area contributed by atoms with Crippen molar-refractivity contribution in [1.29, 1.82) is 0 Å². The highest BCUT2D eigenvalue weighted by Crippen LogP contribution is 2.30. The van der Waals surface area contributed by atoms with E-state index in [1.807, 2.05) is 0 Å². The molecule has 0 amide bonds. The summed E-state index contributed by atoms with van der Waals surface area (Å²) < 4.78 is 63.4. The number of hydrogen-bond acceptors (Lipinski definition) is 1. The molecule has 1 aromatic rings. The van der Waals surface area contributed by atoms with Gasteiger partial charge in [0, 0.05) is 0 Å². The van der Waals surface area contributed by atoms with Crippen LogP contribution in [-0.4, -0.2) is 6.36 Å². The minimum absolute atomic E-state index is 0.504. The first kappa shape index (κ1) is 11.0. The Labute approximate surface area is 80.0 Å². The van der Waals surface area contributed by atoms with Gasteiger partial charge in [-0.15, -0.1) is 13.2 Å². The smallest absolute Gasteiger partial charge is 0.403 e. The molecular weight excluding hydrogens is 231 g/mol. The first-order valence-corrected chi connectivity index (χ1v) is 3.58. The Morgan fingerprint density at radius 1 is 1.14 bits per heavy atom. The lowest BCUT2D eigenvalue weighted by Crippen LogP contribution is -2.18. The summed E-state index contributed by atoms with van der Waals surface area (Å²) in [5.41, 5.74) is 0. The fraction of sp³-hybridized carbons (Fsp3) is 0.143. The summed E-state index contributed by atoms with van der Waals surface area (Å²) in [6, 6.07) is 1.08. The second-order valence-electron chi connectivity index (χ2n) is 2.22. The number of rotatable bonds is 1. The molecule has 14 heavy (non-hydrogen) atoms. The van der Waals surface area contributed by atoms with Crippen LogP contribution in [0.2, 0.25) is 5.02 Å². The van der Waals surface area contributed by atoms with Gasteiger partial charge in [0.2, 0.25) is 0 Å². The molecule has 0 heterocycles. The monoisotopic (exact) mass is 232 g/mol. The third-order valence-corrected chi connectivity index (χ3v) is 1.57. The third kappa shape index (κ3) is 2.47. The van der Waals surface area contributed by atoms with E-state index in [4.69, 9.17) is 11.6 Å². The van der Waals surface area contributed by atoms with Gasteiger partial charge in [-0.3, -0.25) is 0 Å². The number of benzene rings is 1. The maximum atomic E-state index is 12.8. The van der Waals surface area contributed by atoms with Crippen molar-refractivity contribution in [2.75, 3.05) is 0 Å². The highest BCUT2D eigenvalue weighted by atomic mass is 35.5. The Kier molecular flexibility index (Phi) is 2.84. The molecule has 1 rings (SSSR count). The fourth-order valence-corrected chi connectivity index (χ4v) is 0.868. The van der Waals surface area contributed by atoms with E-state index in [0.29, 0.717) is 12.1 Å². The minimum atomic E-state index is -5.04. The third-order valence-electron chi connectivity index (χ3n) is 1.23. The van der Waals surface area contributed by atoms with E-state index in [0.717, 1.165) is 0 Å². The molecule has 7 heteroatoms. The van der Waals surface area contributed by atoms with Gasteiger partial charge >= 0.3 is 6.36 Å². The highest BCUT2D eigenvalue weighted by molar-refractivity contribution is 6.31. The zero-order valence-electron chi connectivity index (χ0n) is 6.33. The van der Waals surface area contributed by atoms with Crippen LogP contribution in [0.15, 0.2) is 12.1 Å². The molecule has 0 aliphatic rings. The van der Waals surface area contributed by atoms with E-state index in [1.54, 1.807) is 0 Å². The minimum Gasteiger partial charge on any atom is -0.403 e. The van der Waals surface area contributed by atoms with Gasteiger partial charge in [0.1, 0.15) is 10.8 Å². The van der Waals surface area contributed by atoms with Gasteiger partial charge in [-0.05, 0) is 12.1 Å². The van der Waals surface area contributed by atoms with Crippen molar-refractivity contribution in [2.24, 2.45) is 0 Å². The summed E-state index contributed by atoms with van der Waals surface area (Å²) in [7, 11) is 0. The molecule has 0 fully saturated rings. The van der Waals surface area contributed by atoms with Crippen molar-refractivity contribution in [3.8, 4) is 5.75 Å². The molecule has 0 aliphatic carbocycles. The maximum absolute atomic E-state index is 12.8. The SMILES string of the molecule is Fc1ccc(OC(F)(F)F)c(F)c1Cl. The average molecular weight is 233 g/mol. The zero-order chi connectivity index (χ0) is 10.9. The van der Waals surface area contributed by atoms with Crippen LogP contribution in [0.25, 0.3) is 0 Å². The molecule has 1 nitrogen and oxygen atoms in total. The number of halogens is 6. The molecule has 0 saturated carbocycles. The van der Waals surface area contributed by atoms with Crippen molar-refractivity contribution >= 4 is 11.6 Å². The fourth-order valence-electron chi connectivity index (χ4n) is 0.712. The Morgan fingerprint density at radius 2 is 1.71 bits per heavy atom. The lowest BCUT2D eigenvalue weighted by molar-refractivity contribution is -0.275. The summed E-state index contributed by atoms with van der Waals surface area (Å²) in [5.74, 6) is -3.90. The van der Waals surface area contributed by atoms with Crippen LogP contribution in [0.3, 0.4) is 0 Å². The van der Waals surface area contributed by atoms with E-state index < -0.39 is 28.8 Å². The highest BCUT2D eigenvalue weighted by Gasteiger charge is 2.33. The quantitative estimate of drug-likeness (QED) is 0.532. The predicted octanol–water partition coefficient (Wildman–Crippen LogP) is 3.52. The number of ether oxygens (including phenoxy) is 1. The molecule has 0 aromatic heterocycles. The van der Waals surface area contributed by atoms with Crippen LogP contribution in [0, 0.1) is 11.6 Å². The van der Waals surface area contributed by atoms with Gasteiger partial charge < -0.3 is 4.74 Å². The zero-order valence-corrected chi connectivity index (χ0v) is 7.09. The molecule has 0 radical (unpaired) electrons. The van der Waals surface area contributed by atoms with Gasteiger partial charge in [0.25, 0.3) is 0 Å². The molecule has 0 N–H and O–H groups in total. The van der Waals surface area contributed by atoms with Gasteiger partial charge in [0.15, 0.2) is 11.6 Å². The van der Waals surface area contributed by atoms with Crippen molar-refractivity contribution in [2.45, 2.75) is 6.36 Å². The number of hydrogen-bond donors (Lipinski definition) is 0. The van der Waals surface area contributed by atoms with Gasteiger partial charge in [0.05, 0.1) is 0 Å². The van der Waals surface area contributed by atoms with Crippen molar-refractivity contribution < 1.29 is 26.7 Å². The summed E-state index contributed by atoms with van der Waals surface area (Å²) in [6.45, 7) is 0. The van der Waals surface area contributed by atoms with Gasteiger partial charge in [-0.25, -0.2) is 8.78 Å². The van der Waals surface area contributed by atoms with Crippen LogP contribution in [-0.2, 0) is 0 Å². The van der Waals surface area contributed by atoms with E-state index >= 15 is 0 Å². The van der Waals surface area contributed by atoms with Crippen LogP contribution in [0.5, 0.6) is 5.75 Å².